The zero-order chi connectivity index (χ0) is 14.7. The Morgan fingerprint density at radius 3 is 2.50 bits per heavy atom. The highest BCUT2D eigenvalue weighted by molar-refractivity contribution is 9.13. The second-order valence-corrected chi connectivity index (χ2v) is 5.81. The summed E-state index contributed by atoms with van der Waals surface area (Å²) in [5.41, 5.74) is 0.980. The molecule has 2 rings (SSSR count). The number of aliphatic carboxylic acids is 1. The Bertz CT molecular complexity index is 649. The number of carbonyl (C=O) groups is 1. The molecule has 0 radical (unpaired) electrons. The van der Waals surface area contributed by atoms with Gasteiger partial charge in [0.15, 0.2) is 6.04 Å². The lowest BCUT2D eigenvalue weighted by atomic mass is 10.1. The van der Waals surface area contributed by atoms with Gasteiger partial charge in [0.25, 0.3) is 0 Å². The molecule has 2 N–H and O–H groups in total. The number of hydrogen-bond acceptors (Lipinski definition) is 2. The number of halogens is 3. The average molecular weight is 403 g/mol. The first-order chi connectivity index (χ1) is 9.47. The van der Waals surface area contributed by atoms with Crippen LogP contribution in [-0.4, -0.2) is 11.1 Å². The maximum absolute atomic E-state index is 13.1. The molecule has 0 heterocycles. The molecule has 1 atom stereocenters. The number of anilines is 1. The van der Waals surface area contributed by atoms with Crippen LogP contribution in [0.5, 0.6) is 0 Å². The first kappa shape index (κ1) is 15.0. The van der Waals surface area contributed by atoms with Gasteiger partial charge in [-0.2, -0.15) is 0 Å². The number of rotatable bonds is 4. The van der Waals surface area contributed by atoms with Crippen molar-refractivity contribution in [1.82, 2.24) is 0 Å². The van der Waals surface area contributed by atoms with Crippen LogP contribution in [-0.2, 0) is 4.79 Å². The molecule has 0 bridgehead atoms. The summed E-state index contributed by atoms with van der Waals surface area (Å²) in [4.78, 5) is 11.4. The van der Waals surface area contributed by atoms with E-state index in [9.17, 15) is 14.3 Å². The Morgan fingerprint density at radius 2 is 1.90 bits per heavy atom. The van der Waals surface area contributed by atoms with Crippen molar-refractivity contribution in [3.63, 3.8) is 0 Å². The first-order valence-electron chi connectivity index (χ1n) is 5.67. The van der Waals surface area contributed by atoms with E-state index in [-0.39, 0.29) is 0 Å². The molecule has 0 aliphatic rings. The van der Waals surface area contributed by atoms with Gasteiger partial charge in [0.05, 0.1) is 0 Å². The molecule has 0 spiro atoms. The standard InChI is InChI=1S/C14H10Br2FNO2/c15-11-5-4-8(6-12(11)16)13(14(19)20)18-10-3-1-2-9(17)7-10/h1-7,13,18H,(H,19,20). The topological polar surface area (TPSA) is 49.3 Å². The largest absolute Gasteiger partial charge is 0.479 e. The summed E-state index contributed by atoms with van der Waals surface area (Å²) in [6, 6.07) is 9.89. The molecule has 0 saturated carbocycles. The summed E-state index contributed by atoms with van der Waals surface area (Å²) in [5.74, 6) is -1.46. The molecule has 2 aromatic carbocycles. The molecule has 0 aliphatic heterocycles. The molecule has 20 heavy (non-hydrogen) atoms. The van der Waals surface area contributed by atoms with Crippen molar-refractivity contribution >= 4 is 43.5 Å². The second-order valence-electron chi connectivity index (χ2n) is 4.10. The van der Waals surface area contributed by atoms with Gasteiger partial charge in [0.2, 0.25) is 0 Å². The molecular formula is C14H10Br2FNO2. The van der Waals surface area contributed by atoms with Crippen molar-refractivity contribution in [1.29, 1.82) is 0 Å². The third kappa shape index (κ3) is 3.58. The van der Waals surface area contributed by atoms with Gasteiger partial charge in [-0.3, -0.25) is 0 Å². The Balaban J connectivity index is 2.32. The molecule has 6 heteroatoms. The lowest BCUT2D eigenvalue weighted by molar-refractivity contribution is -0.138. The summed E-state index contributed by atoms with van der Waals surface area (Å²) in [5, 5.41) is 12.1. The van der Waals surface area contributed by atoms with Gasteiger partial charge in [0.1, 0.15) is 5.82 Å². The molecule has 0 aliphatic carbocycles. The van der Waals surface area contributed by atoms with Crippen molar-refractivity contribution < 1.29 is 14.3 Å². The lowest BCUT2D eigenvalue weighted by Gasteiger charge is -2.17. The number of carboxylic acids is 1. The van der Waals surface area contributed by atoms with Gasteiger partial charge in [-0.15, -0.1) is 0 Å². The quantitative estimate of drug-likeness (QED) is 0.786. The van der Waals surface area contributed by atoms with Gasteiger partial charge in [0, 0.05) is 14.6 Å². The van der Waals surface area contributed by atoms with Crippen molar-refractivity contribution in [2.45, 2.75) is 6.04 Å². The summed E-state index contributed by atoms with van der Waals surface area (Å²) >= 11 is 6.66. The number of hydrogen-bond donors (Lipinski definition) is 2. The third-order valence-corrected chi connectivity index (χ3v) is 4.54. The molecule has 1 unspecified atom stereocenters. The van der Waals surface area contributed by atoms with Crippen molar-refractivity contribution in [3.8, 4) is 0 Å². The van der Waals surface area contributed by atoms with E-state index in [1.54, 1.807) is 24.3 Å². The molecule has 0 amide bonds. The van der Waals surface area contributed by atoms with E-state index in [4.69, 9.17) is 0 Å². The normalized spacial score (nSPS) is 11.9. The van der Waals surface area contributed by atoms with Crippen LogP contribution in [0.2, 0.25) is 0 Å². The highest BCUT2D eigenvalue weighted by Crippen LogP contribution is 2.28. The zero-order valence-electron chi connectivity index (χ0n) is 10.1. The fourth-order valence-corrected chi connectivity index (χ4v) is 2.37. The van der Waals surface area contributed by atoms with Crippen molar-refractivity contribution in [3.05, 3.63) is 62.8 Å². The minimum atomic E-state index is -1.04. The third-order valence-electron chi connectivity index (χ3n) is 2.66. The van der Waals surface area contributed by atoms with Crippen LogP contribution in [0.25, 0.3) is 0 Å². The minimum Gasteiger partial charge on any atom is -0.479 e. The van der Waals surface area contributed by atoms with Crippen LogP contribution in [0.4, 0.5) is 10.1 Å². The highest BCUT2D eigenvalue weighted by atomic mass is 79.9. The summed E-state index contributed by atoms with van der Waals surface area (Å²) in [7, 11) is 0. The van der Waals surface area contributed by atoms with E-state index in [2.05, 4.69) is 37.2 Å². The molecule has 0 saturated heterocycles. The summed E-state index contributed by atoms with van der Waals surface area (Å²) in [6.07, 6.45) is 0. The number of benzene rings is 2. The lowest BCUT2D eigenvalue weighted by Crippen LogP contribution is -2.20. The number of nitrogens with one attached hydrogen (secondary N) is 1. The van der Waals surface area contributed by atoms with E-state index in [1.807, 2.05) is 0 Å². The van der Waals surface area contributed by atoms with Gasteiger partial charge < -0.3 is 10.4 Å². The van der Waals surface area contributed by atoms with E-state index in [1.165, 1.54) is 18.2 Å². The molecular weight excluding hydrogens is 393 g/mol. The fraction of sp³-hybridized carbons (Fsp3) is 0.0714. The van der Waals surface area contributed by atoms with Crippen LogP contribution in [0.3, 0.4) is 0 Å². The molecule has 3 nitrogen and oxygen atoms in total. The maximum atomic E-state index is 13.1. The van der Waals surface area contributed by atoms with E-state index >= 15 is 0 Å². The predicted octanol–water partition coefficient (Wildman–Crippen LogP) is 4.59. The van der Waals surface area contributed by atoms with E-state index < -0.39 is 17.8 Å². The van der Waals surface area contributed by atoms with Crippen LogP contribution in [0.1, 0.15) is 11.6 Å². The monoisotopic (exact) mass is 401 g/mol. The predicted molar refractivity (Wildman–Crippen MR) is 82.2 cm³/mol. The fourth-order valence-electron chi connectivity index (χ4n) is 1.72. The van der Waals surface area contributed by atoms with Crippen molar-refractivity contribution in [2.24, 2.45) is 0 Å². The zero-order valence-corrected chi connectivity index (χ0v) is 13.3. The van der Waals surface area contributed by atoms with Crippen LogP contribution in [0.15, 0.2) is 51.4 Å². The van der Waals surface area contributed by atoms with Crippen molar-refractivity contribution in [2.75, 3.05) is 5.32 Å². The molecule has 0 fully saturated rings. The summed E-state index contributed by atoms with van der Waals surface area (Å²) in [6.45, 7) is 0. The Labute approximate surface area is 132 Å². The molecule has 2 aromatic rings. The van der Waals surface area contributed by atoms with Gasteiger partial charge in [-0.1, -0.05) is 12.1 Å². The Morgan fingerprint density at radius 1 is 1.15 bits per heavy atom. The maximum Gasteiger partial charge on any atom is 0.330 e. The average Bonchev–Trinajstić information content (AvgIpc) is 2.39. The van der Waals surface area contributed by atoms with E-state index in [0.717, 1.165) is 8.95 Å². The Hall–Kier alpha value is -1.40. The van der Waals surface area contributed by atoms with Gasteiger partial charge >= 0.3 is 5.97 Å². The molecule has 104 valence electrons. The SMILES string of the molecule is O=C(O)C(Nc1cccc(F)c1)c1ccc(Br)c(Br)c1. The van der Waals surface area contributed by atoms with E-state index in [0.29, 0.717) is 11.3 Å². The summed E-state index contributed by atoms with van der Waals surface area (Å²) < 4.78 is 14.7. The molecule has 0 aromatic heterocycles. The van der Waals surface area contributed by atoms with Gasteiger partial charge in [-0.25, -0.2) is 9.18 Å². The first-order valence-corrected chi connectivity index (χ1v) is 7.26. The van der Waals surface area contributed by atoms with Crippen LogP contribution < -0.4 is 5.32 Å². The smallest absolute Gasteiger partial charge is 0.330 e. The van der Waals surface area contributed by atoms with Crippen LogP contribution >= 0.6 is 31.9 Å². The second kappa shape index (κ2) is 6.37. The van der Waals surface area contributed by atoms with Crippen LogP contribution in [0, 0.1) is 5.82 Å². The minimum absolute atomic E-state index is 0.413. The highest BCUT2D eigenvalue weighted by Gasteiger charge is 2.20. The number of carboxylic acid groups (broad SMARTS) is 1. The van der Waals surface area contributed by atoms with Gasteiger partial charge in [-0.05, 0) is 67.8 Å². The Kier molecular flexibility index (Phi) is 4.77.